The maximum absolute atomic E-state index is 11.4. The van der Waals surface area contributed by atoms with E-state index < -0.39 is 18.0 Å². The van der Waals surface area contributed by atoms with Gasteiger partial charge in [0.25, 0.3) is 0 Å². The van der Waals surface area contributed by atoms with E-state index in [-0.39, 0.29) is 0 Å². The number of amides is 2. The van der Waals surface area contributed by atoms with Gasteiger partial charge in [-0.15, -0.1) is 0 Å². The molecule has 0 saturated carbocycles. The molecule has 16 heavy (non-hydrogen) atoms. The predicted molar refractivity (Wildman–Crippen MR) is 55.7 cm³/mol. The minimum absolute atomic E-state index is 0.306. The molecule has 0 aliphatic carbocycles. The van der Waals surface area contributed by atoms with Crippen LogP contribution in [-0.4, -0.2) is 42.2 Å². The van der Waals surface area contributed by atoms with Gasteiger partial charge in [-0.05, 0) is 0 Å². The normalized spacial score (nSPS) is 11.6. The summed E-state index contributed by atoms with van der Waals surface area (Å²) in [5, 5.41) is 4.85. The van der Waals surface area contributed by atoms with Gasteiger partial charge in [0.15, 0.2) is 0 Å². The van der Waals surface area contributed by atoms with E-state index in [0.29, 0.717) is 6.42 Å². The highest BCUT2D eigenvalue weighted by Gasteiger charge is 2.21. The molecule has 0 spiro atoms. The summed E-state index contributed by atoms with van der Waals surface area (Å²) >= 11 is 0. The molecule has 0 aliphatic heterocycles. The van der Waals surface area contributed by atoms with Crippen LogP contribution in [0.5, 0.6) is 0 Å². The molecule has 0 bridgehead atoms. The Morgan fingerprint density at radius 1 is 1.62 bits per heavy atom. The van der Waals surface area contributed by atoms with Crippen LogP contribution in [0.1, 0.15) is 5.69 Å². The summed E-state index contributed by atoms with van der Waals surface area (Å²) in [4.78, 5) is 29.2. The Morgan fingerprint density at radius 2 is 2.38 bits per heavy atom. The summed E-state index contributed by atoms with van der Waals surface area (Å²) in [6.07, 6.45) is 3.39. The number of urea groups is 1. The Bertz CT molecular complexity index is 350. The fourth-order valence-corrected chi connectivity index (χ4v) is 1.18. The number of nitrogens with zero attached hydrogens (tertiary/aromatic N) is 1. The number of nitrogens with one attached hydrogen (secondary N) is 3. The molecule has 0 fully saturated rings. The number of carbonyl (C=O) groups excluding carboxylic acids is 2. The molecule has 7 nitrogen and oxygen atoms in total. The maximum atomic E-state index is 11.4. The number of ether oxygens (including phenoxy) is 1. The van der Waals surface area contributed by atoms with E-state index in [2.05, 4.69) is 25.3 Å². The second-order valence-corrected chi connectivity index (χ2v) is 3.08. The summed E-state index contributed by atoms with van der Waals surface area (Å²) in [5.41, 5.74) is 0.742. The lowest BCUT2D eigenvalue weighted by atomic mass is 10.1. The first kappa shape index (κ1) is 12.0. The van der Waals surface area contributed by atoms with Gasteiger partial charge in [-0.25, -0.2) is 14.6 Å². The Hall–Kier alpha value is -2.05. The van der Waals surface area contributed by atoms with Crippen molar-refractivity contribution in [1.82, 2.24) is 20.6 Å². The highest BCUT2D eigenvalue weighted by molar-refractivity contribution is 5.83. The highest BCUT2D eigenvalue weighted by atomic mass is 16.5. The molecule has 88 valence electrons. The molecule has 3 N–H and O–H groups in total. The number of carbonyl (C=O) groups is 2. The average Bonchev–Trinajstić information content (AvgIpc) is 2.79. The molecule has 0 aliphatic rings. The Kier molecular flexibility index (Phi) is 4.31. The molecular formula is C9H14N4O3. The maximum Gasteiger partial charge on any atom is 0.328 e. The van der Waals surface area contributed by atoms with Crippen molar-refractivity contribution in [3.63, 3.8) is 0 Å². The SMILES string of the molecule is CNC(=O)N[C@@H](Cc1cnc[nH]1)C(=O)OC. The summed E-state index contributed by atoms with van der Waals surface area (Å²) in [5.74, 6) is -0.502. The number of rotatable bonds is 4. The molecule has 1 aromatic rings. The topological polar surface area (TPSA) is 96.1 Å². The van der Waals surface area contributed by atoms with E-state index in [1.165, 1.54) is 20.5 Å². The van der Waals surface area contributed by atoms with Crippen LogP contribution < -0.4 is 10.6 Å². The molecule has 1 heterocycles. The standard InChI is InChI=1S/C9H14N4O3/c1-10-9(15)13-7(8(14)16-2)3-6-4-11-5-12-6/h4-5,7H,3H2,1-2H3,(H,11,12)(H2,10,13,15)/t7-/m0/s1. The molecule has 0 saturated heterocycles. The Morgan fingerprint density at radius 3 is 2.88 bits per heavy atom. The lowest BCUT2D eigenvalue weighted by Crippen LogP contribution is -2.46. The van der Waals surface area contributed by atoms with Crippen LogP contribution in [0.15, 0.2) is 12.5 Å². The van der Waals surface area contributed by atoms with E-state index in [1.807, 2.05) is 0 Å². The van der Waals surface area contributed by atoms with Crippen molar-refractivity contribution in [2.45, 2.75) is 12.5 Å². The molecule has 1 rings (SSSR count). The van der Waals surface area contributed by atoms with Gasteiger partial charge in [0.1, 0.15) is 6.04 Å². The first-order chi connectivity index (χ1) is 7.67. The number of hydrogen-bond donors (Lipinski definition) is 3. The van der Waals surface area contributed by atoms with Gasteiger partial charge < -0.3 is 20.4 Å². The van der Waals surface area contributed by atoms with Crippen LogP contribution >= 0.6 is 0 Å². The second-order valence-electron chi connectivity index (χ2n) is 3.08. The van der Waals surface area contributed by atoms with Crippen LogP contribution in [-0.2, 0) is 16.0 Å². The average molecular weight is 226 g/mol. The zero-order valence-electron chi connectivity index (χ0n) is 9.11. The summed E-state index contributed by atoms with van der Waals surface area (Å²) in [6, 6.07) is -1.17. The van der Waals surface area contributed by atoms with Crippen molar-refractivity contribution in [2.75, 3.05) is 14.2 Å². The minimum atomic E-state index is -0.731. The monoisotopic (exact) mass is 226 g/mol. The Labute approximate surface area is 92.6 Å². The van der Waals surface area contributed by atoms with E-state index in [0.717, 1.165) is 5.69 Å². The van der Waals surface area contributed by atoms with Gasteiger partial charge in [-0.2, -0.15) is 0 Å². The fourth-order valence-electron chi connectivity index (χ4n) is 1.18. The number of H-pyrrole nitrogens is 1. The molecular weight excluding hydrogens is 212 g/mol. The van der Waals surface area contributed by atoms with Gasteiger partial charge in [0.2, 0.25) is 0 Å². The third-order valence-electron chi connectivity index (χ3n) is 2.00. The molecule has 0 radical (unpaired) electrons. The van der Waals surface area contributed by atoms with Gasteiger partial charge in [-0.3, -0.25) is 0 Å². The van der Waals surface area contributed by atoms with Crippen molar-refractivity contribution in [3.05, 3.63) is 18.2 Å². The predicted octanol–water partition coefficient (Wildman–Crippen LogP) is -0.577. The largest absolute Gasteiger partial charge is 0.467 e. The molecule has 7 heteroatoms. The van der Waals surface area contributed by atoms with Crippen LogP contribution in [0.2, 0.25) is 0 Å². The molecule has 1 aromatic heterocycles. The lowest BCUT2D eigenvalue weighted by Gasteiger charge is -2.15. The summed E-state index contributed by atoms with van der Waals surface area (Å²) in [7, 11) is 2.74. The lowest BCUT2D eigenvalue weighted by molar-refractivity contribution is -0.142. The molecule has 0 unspecified atom stereocenters. The van der Waals surface area contributed by atoms with E-state index in [9.17, 15) is 9.59 Å². The van der Waals surface area contributed by atoms with Crippen LogP contribution in [0.4, 0.5) is 4.79 Å². The molecule has 2 amide bonds. The summed E-state index contributed by atoms with van der Waals surface area (Å²) in [6.45, 7) is 0. The van der Waals surface area contributed by atoms with E-state index in [4.69, 9.17) is 0 Å². The van der Waals surface area contributed by atoms with Crippen LogP contribution in [0, 0.1) is 0 Å². The zero-order valence-corrected chi connectivity index (χ0v) is 9.11. The first-order valence-corrected chi connectivity index (χ1v) is 4.70. The number of imidazole rings is 1. The minimum Gasteiger partial charge on any atom is -0.467 e. The summed E-state index contributed by atoms with van der Waals surface area (Å²) < 4.78 is 4.59. The number of aromatic nitrogens is 2. The van der Waals surface area contributed by atoms with Crippen molar-refractivity contribution in [1.29, 1.82) is 0 Å². The van der Waals surface area contributed by atoms with Gasteiger partial charge >= 0.3 is 12.0 Å². The number of methoxy groups -OCH3 is 1. The third-order valence-corrected chi connectivity index (χ3v) is 2.00. The number of esters is 1. The zero-order chi connectivity index (χ0) is 12.0. The van der Waals surface area contributed by atoms with Gasteiger partial charge in [0.05, 0.1) is 13.4 Å². The Balaban J connectivity index is 2.64. The number of aromatic amines is 1. The van der Waals surface area contributed by atoms with Crippen molar-refractivity contribution >= 4 is 12.0 Å². The van der Waals surface area contributed by atoms with Crippen LogP contribution in [0.3, 0.4) is 0 Å². The van der Waals surface area contributed by atoms with E-state index in [1.54, 1.807) is 6.20 Å². The van der Waals surface area contributed by atoms with Crippen LogP contribution in [0.25, 0.3) is 0 Å². The molecule has 1 atom stereocenters. The van der Waals surface area contributed by atoms with Gasteiger partial charge in [-0.1, -0.05) is 0 Å². The number of hydrogen-bond acceptors (Lipinski definition) is 4. The fraction of sp³-hybridized carbons (Fsp3) is 0.444. The molecule has 0 aromatic carbocycles. The van der Waals surface area contributed by atoms with Crippen molar-refractivity contribution in [3.8, 4) is 0 Å². The third kappa shape index (κ3) is 3.26. The second kappa shape index (κ2) is 5.74. The van der Waals surface area contributed by atoms with Crippen molar-refractivity contribution in [2.24, 2.45) is 0 Å². The van der Waals surface area contributed by atoms with Gasteiger partial charge in [0, 0.05) is 25.4 Å². The smallest absolute Gasteiger partial charge is 0.328 e. The highest BCUT2D eigenvalue weighted by Crippen LogP contribution is 2.00. The first-order valence-electron chi connectivity index (χ1n) is 4.70. The quantitative estimate of drug-likeness (QED) is 0.598. The van der Waals surface area contributed by atoms with Crippen molar-refractivity contribution < 1.29 is 14.3 Å². The van der Waals surface area contributed by atoms with E-state index >= 15 is 0 Å².